The lowest BCUT2D eigenvalue weighted by Crippen LogP contribution is -2.05. The molecule has 0 saturated heterocycles. The van der Waals surface area contributed by atoms with Gasteiger partial charge in [-0.2, -0.15) is 0 Å². The van der Waals surface area contributed by atoms with Gasteiger partial charge in [-0.3, -0.25) is 0 Å². The Bertz CT molecular complexity index is 589. The SMILES string of the molecule is C=C(CCCCC)CCC(CCCCCC)CCCCCCCC.CCCCCCCCC(CCCCCC)CCC(C)CCCCCC. The lowest BCUT2D eigenvalue weighted by Gasteiger charge is -2.19. The third-order valence-electron chi connectivity index (χ3n) is 11.5. The molecule has 0 heteroatoms. The number of rotatable bonds is 39. The highest BCUT2D eigenvalue weighted by Gasteiger charge is 2.12. The van der Waals surface area contributed by atoms with Gasteiger partial charge in [0.05, 0.1) is 0 Å². The van der Waals surface area contributed by atoms with E-state index in [9.17, 15) is 0 Å². The van der Waals surface area contributed by atoms with Crippen LogP contribution in [0.4, 0.5) is 0 Å². The largest absolute Gasteiger partial charge is 0.0999 e. The standard InChI is InChI=1S/C25H52.C24H48/c1-5-8-11-14-15-18-21-25(20-17-13-10-7-3)23-22-24(4)19-16-12-9-6-2;1-5-8-11-13-14-17-20-24(19-16-12-9-6-2)22-21-23(4)18-15-10-7-3/h24-25H,5-23H2,1-4H3;24H,4-22H2,1-3H3. The van der Waals surface area contributed by atoms with Crippen molar-refractivity contribution < 1.29 is 0 Å². The molecule has 49 heavy (non-hydrogen) atoms. The first kappa shape index (κ1) is 50.8. The van der Waals surface area contributed by atoms with E-state index in [1.807, 2.05) is 0 Å². The quantitative estimate of drug-likeness (QED) is 0.0445. The minimum absolute atomic E-state index is 0.958. The molecule has 0 saturated carbocycles. The summed E-state index contributed by atoms with van der Waals surface area (Å²) in [6, 6.07) is 0. The highest BCUT2D eigenvalue weighted by Crippen LogP contribution is 2.28. The molecule has 3 unspecified atom stereocenters. The smallest absolute Gasteiger partial charge is 0.0320 e. The molecule has 0 aliphatic carbocycles. The van der Waals surface area contributed by atoms with Gasteiger partial charge in [-0.05, 0) is 43.4 Å². The average Bonchev–Trinajstić information content (AvgIpc) is 3.10. The fourth-order valence-electron chi connectivity index (χ4n) is 7.75. The van der Waals surface area contributed by atoms with E-state index < -0.39 is 0 Å². The van der Waals surface area contributed by atoms with Gasteiger partial charge in [0.25, 0.3) is 0 Å². The third-order valence-corrected chi connectivity index (χ3v) is 11.5. The third kappa shape index (κ3) is 42.0. The van der Waals surface area contributed by atoms with Crippen LogP contribution >= 0.6 is 0 Å². The van der Waals surface area contributed by atoms with E-state index in [1.54, 1.807) is 0 Å². The average molecular weight is 689 g/mol. The molecule has 0 amide bonds. The predicted molar refractivity (Wildman–Crippen MR) is 230 cm³/mol. The number of allylic oxidation sites excluding steroid dienone is 1. The zero-order valence-corrected chi connectivity index (χ0v) is 36.1. The van der Waals surface area contributed by atoms with Crippen LogP contribution in [0.3, 0.4) is 0 Å². The maximum atomic E-state index is 4.34. The number of hydrogen-bond acceptors (Lipinski definition) is 0. The summed E-state index contributed by atoms with van der Waals surface area (Å²) in [6.45, 7) is 20.7. The molecule has 0 aromatic rings. The van der Waals surface area contributed by atoms with Crippen molar-refractivity contribution in [1.82, 2.24) is 0 Å². The Labute approximate surface area is 315 Å². The predicted octanol–water partition coefficient (Wildman–Crippen LogP) is 19.0. The van der Waals surface area contributed by atoms with Crippen LogP contribution in [0.15, 0.2) is 12.2 Å². The van der Waals surface area contributed by atoms with Gasteiger partial charge in [-0.1, -0.05) is 273 Å². The molecule has 0 nitrogen and oxygen atoms in total. The molecule has 0 bridgehead atoms. The second-order valence-corrected chi connectivity index (χ2v) is 16.8. The van der Waals surface area contributed by atoms with Gasteiger partial charge in [-0.25, -0.2) is 0 Å². The first-order chi connectivity index (χ1) is 24.0. The van der Waals surface area contributed by atoms with Crippen molar-refractivity contribution in [1.29, 1.82) is 0 Å². The molecule has 0 aliphatic rings. The first-order valence-electron chi connectivity index (χ1n) is 23.6. The Kier molecular flexibility index (Phi) is 45.6. The van der Waals surface area contributed by atoms with Crippen molar-refractivity contribution in [3.63, 3.8) is 0 Å². The van der Waals surface area contributed by atoms with Gasteiger partial charge in [0.15, 0.2) is 0 Å². The maximum Gasteiger partial charge on any atom is -0.0320 e. The summed E-state index contributed by atoms with van der Waals surface area (Å²) in [6.07, 6.45) is 53.0. The lowest BCUT2D eigenvalue weighted by molar-refractivity contribution is 0.335. The Balaban J connectivity index is 0. The highest BCUT2D eigenvalue weighted by atomic mass is 14.2. The molecule has 3 atom stereocenters. The molecule has 0 aromatic carbocycles. The van der Waals surface area contributed by atoms with E-state index in [0.29, 0.717) is 0 Å². The van der Waals surface area contributed by atoms with Crippen LogP contribution in [0.25, 0.3) is 0 Å². The Morgan fingerprint density at radius 3 is 1.02 bits per heavy atom. The van der Waals surface area contributed by atoms with Crippen molar-refractivity contribution in [2.24, 2.45) is 17.8 Å². The van der Waals surface area contributed by atoms with Crippen LogP contribution in [-0.2, 0) is 0 Å². The van der Waals surface area contributed by atoms with Gasteiger partial charge in [0.2, 0.25) is 0 Å². The second-order valence-electron chi connectivity index (χ2n) is 16.8. The van der Waals surface area contributed by atoms with E-state index in [2.05, 4.69) is 55.0 Å². The zero-order valence-electron chi connectivity index (χ0n) is 36.1. The maximum absolute atomic E-state index is 4.34. The lowest BCUT2D eigenvalue weighted by atomic mass is 9.87. The van der Waals surface area contributed by atoms with Crippen LogP contribution in [0.5, 0.6) is 0 Å². The van der Waals surface area contributed by atoms with Crippen LogP contribution in [0.2, 0.25) is 0 Å². The first-order valence-corrected chi connectivity index (χ1v) is 23.6. The van der Waals surface area contributed by atoms with Gasteiger partial charge >= 0.3 is 0 Å². The molecule has 0 fully saturated rings. The Morgan fingerprint density at radius 1 is 0.306 bits per heavy atom. The fourth-order valence-corrected chi connectivity index (χ4v) is 7.75. The summed E-state index contributed by atoms with van der Waals surface area (Å²) < 4.78 is 0. The van der Waals surface area contributed by atoms with Crippen molar-refractivity contribution in [3.8, 4) is 0 Å². The van der Waals surface area contributed by atoms with Crippen LogP contribution < -0.4 is 0 Å². The minimum Gasteiger partial charge on any atom is -0.0999 e. The number of hydrogen-bond donors (Lipinski definition) is 0. The topological polar surface area (TPSA) is 0 Å². The summed E-state index contributed by atoms with van der Waals surface area (Å²) in [4.78, 5) is 0. The highest BCUT2D eigenvalue weighted by molar-refractivity contribution is 4.94. The normalized spacial score (nSPS) is 13.2. The van der Waals surface area contributed by atoms with Gasteiger partial charge < -0.3 is 0 Å². The van der Waals surface area contributed by atoms with E-state index >= 15 is 0 Å². The second kappa shape index (κ2) is 43.9. The fraction of sp³-hybridized carbons (Fsp3) is 0.959. The van der Waals surface area contributed by atoms with Crippen molar-refractivity contribution >= 4 is 0 Å². The summed E-state index contributed by atoms with van der Waals surface area (Å²) >= 11 is 0. The van der Waals surface area contributed by atoms with Crippen LogP contribution in [0, 0.1) is 17.8 Å². The molecule has 0 N–H and O–H groups in total. The Hall–Kier alpha value is -0.260. The molecule has 0 spiro atoms. The van der Waals surface area contributed by atoms with E-state index in [-0.39, 0.29) is 0 Å². The van der Waals surface area contributed by atoms with Crippen LogP contribution in [-0.4, -0.2) is 0 Å². The summed E-state index contributed by atoms with van der Waals surface area (Å²) in [7, 11) is 0. The molecule has 0 aliphatic heterocycles. The van der Waals surface area contributed by atoms with Gasteiger partial charge in [0, 0.05) is 0 Å². The zero-order chi connectivity index (χ0) is 36.5. The number of unbranched alkanes of at least 4 members (excludes halogenated alkanes) is 21. The van der Waals surface area contributed by atoms with Gasteiger partial charge in [-0.15, -0.1) is 0 Å². The van der Waals surface area contributed by atoms with E-state index in [1.165, 1.54) is 243 Å². The molecule has 0 rings (SSSR count). The van der Waals surface area contributed by atoms with Crippen LogP contribution in [0.1, 0.15) is 286 Å². The molecular weight excluding hydrogens is 589 g/mol. The minimum atomic E-state index is 0.958. The van der Waals surface area contributed by atoms with Crippen molar-refractivity contribution in [2.45, 2.75) is 286 Å². The summed E-state index contributed by atoms with van der Waals surface area (Å²) in [5.41, 5.74) is 1.52. The van der Waals surface area contributed by atoms with Crippen molar-refractivity contribution in [3.05, 3.63) is 12.2 Å². The molecule has 0 heterocycles. The Morgan fingerprint density at radius 2 is 0.612 bits per heavy atom. The molecule has 0 aromatic heterocycles. The van der Waals surface area contributed by atoms with Gasteiger partial charge in [0.1, 0.15) is 0 Å². The van der Waals surface area contributed by atoms with E-state index in [4.69, 9.17) is 0 Å². The molecule has 296 valence electrons. The van der Waals surface area contributed by atoms with Crippen molar-refractivity contribution in [2.75, 3.05) is 0 Å². The van der Waals surface area contributed by atoms with E-state index in [0.717, 1.165) is 17.8 Å². The summed E-state index contributed by atoms with van der Waals surface area (Å²) in [5.74, 6) is 2.96. The summed E-state index contributed by atoms with van der Waals surface area (Å²) in [5, 5.41) is 0. The molecule has 0 radical (unpaired) electrons. The molecular formula is C49H100. The monoisotopic (exact) mass is 689 g/mol.